The first-order chi connectivity index (χ1) is 21.7. The van der Waals surface area contributed by atoms with Gasteiger partial charge < -0.3 is 39.3 Å². The molecule has 1 N–H and O–H groups in total. The topological polar surface area (TPSA) is 113 Å². The van der Waals surface area contributed by atoms with Crippen molar-refractivity contribution >= 4 is 17.2 Å². The standard InChI is InChI=1S/C31H30F3N5O6/c32-31(33,34)45-27-11-9-26(10-12-27)43-25-5-1-21(2-6-25)35-22-13-16-37(17-14-22)23-3-7-24(8-4-23)42-20-28-15-18-38-19-29(39(40)41)36-30(38)44-28/h1-12,19,22,28,35H,13-18,20H2/t28-/m1/s1. The molecule has 4 aromatic rings. The lowest BCUT2D eigenvalue weighted by atomic mass is 10.0. The zero-order valence-corrected chi connectivity index (χ0v) is 24.0. The van der Waals surface area contributed by atoms with Gasteiger partial charge in [-0.05, 0) is 90.6 Å². The molecule has 1 fully saturated rings. The lowest BCUT2D eigenvalue weighted by Crippen LogP contribution is -2.39. The van der Waals surface area contributed by atoms with Gasteiger partial charge in [0.2, 0.25) is 0 Å². The highest BCUT2D eigenvalue weighted by Crippen LogP contribution is 2.30. The van der Waals surface area contributed by atoms with E-state index in [1.807, 2.05) is 48.5 Å². The number of alkyl halides is 3. The predicted molar refractivity (Wildman–Crippen MR) is 158 cm³/mol. The average molecular weight is 626 g/mol. The van der Waals surface area contributed by atoms with E-state index in [4.69, 9.17) is 14.2 Å². The van der Waals surface area contributed by atoms with Crippen LogP contribution in [0.4, 0.5) is 30.4 Å². The number of piperidine rings is 1. The highest BCUT2D eigenvalue weighted by Gasteiger charge is 2.31. The maximum Gasteiger partial charge on any atom is 0.573 e. The molecule has 0 spiro atoms. The van der Waals surface area contributed by atoms with Crippen LogP contribution in [0.5, 0.6) is 29.0 Å². The summed E-state index contributed by atoms with van der Waals surface area (Å²) >= 11 is 0. The molecule has 45 heavy (non-hydrogen) atoms. The van der Waals surface area contributed by atoms with Gasteiger partial charge in [-0.2, -0.15) is 0 Å². The van der Waals surface area contributed by atoms with E-state index in [1.54, 1.807) is 4.57 Å². The van der Waals surface area contributed by atoms with E-state index >= 15 is 0 Å². The third-order valence-electron chi connectivity index (χ3n) is 7.53. The molecule has 0 unspecified atom stereocenters. The molecule has 3 heterocycles. The van der Waals surface area contributed by atoms with Crippen molar-refractivity contribution in [2.24, 2.45) is 0 Å². The molecule has 1 atom stereocenters. The van der Waals surface area contributed by atoms with Crippen molar-refractivity contribution in [3.05, 3.63) is 89.1 Å². The Kier molecular flexibility index (Phi) is 8.54. The van der Waals surface area contributed by atoms with Crippen LogP contribution in [0.3, 0.4) is 0 Å². The molecule has 14 heteroatoms. The summed E-state index contributed by atoms with van der Waals surface area (Å²) in [5, 5.41) is 14.5. The highest BCUT2D eigenvalue weighted by molar-refractivity contribution is 5.51. The molecular formula is C31H30F3N5O6. The molecule has 1 aromatic heterocycles. The number of ether oxygens (including phenoxy) is 4. The number of benzene rings is 3. The number of fused-ring (bicyclic) bond motifs is 1. The van der Waals surface area contributed by atoms with E-state index < -0.39 is 11.3 Å². The fraction of sp³-hybridized carbons (Fsp3) is 0.323. The number of aryl methyl sites for hydroxylation is 1. The highest BCUT2D eigenvalue weighted by atomic mass is 19.4. The number of nitro groups is 1. The number of rotatable bonds is 10. The van der Waals surface area contributed by atoms with Gasteiger partial charge in [-0.25, -0.2) is 0 Å². The second kappa shape index (κ2) is 12.8. The summed E-state index contributed by atoms with van der Waals surface area (Å²) in [6.07, 6.45) is -1.02. The largest absolute Gasteiger partial charge is 0.573 e. The number of nitrogens with one attached hydrogen (secondary N) is 1. The third-order valence-corrected chi connectivity index (χ3v) is 7.53. The molecule has 0 radical (unpaired) electrons. The Balaban J connectivity index is 0.925. The number of hydrogen-bond acceptors (Lipinski definition) is 9. The predicted octanol–water partition coefficient (Wildman–Crippen LogP) is 6.79. The summed E-state index contributed by atoms with van der Waals surface area (Å²) in [7, 11) is 0. The van der Waals surface area contributed by atoms with Crippen LogP contribution in [0.1, 0.15) is 19.3 Å². The van der Waals surface area contributed by atoms with Gasteiger partial charge in [0, 0.05) is 48.5 Å². The summed E-state index contributed by atoms with van der Waals surface area (Å²) in [6, 6.07) is 21.2. The second-order valence-corrected chi connectivity index (χ2v) is 10.7. The molecule has 0 amide bonds. The first kappa shape index (κ1) is 29.9. The Labute approximate surface area is 256 Å². The van der Waals surface area contributed by atoms with Crippen LogP contribution in [0, 0.1) is 10.1 Å². The maximum absolute atomic E-state index is 12.3. The zero-order chi connectivity index (χ0) is 31.4. The maximum atomic E-state index is 12.3. The fourth-order valence-electron chi connectivity index (χ4n) is 5.26. The van der Waals surface area contributed by atoms with Crippen LogP contribution in [0.15, 0.2) is 79.0 Å². The SMILES string of the molecule is O=[N+]([O-])c1cn2c(n1)O[C@@H](COc1ccc(N3CCC(Nc4ccc(Oc5ccc(OC(F)(F)F)cc5)cc4)CC3)cc1)CC2. The molecule has 236 valence electrons. The Hall–Kier alpha value is -5.14. The van der Waals surface area contributed by atoms with Crippen molar-refractivity contribution in [2.45, 2.75) is 44.3 Å². The number of halogens is 3. The van der Waals surface area contributed by atoms with E-state index in [9.17, 15) is 23.3 Å². The quantitative estimate of drug-likeness (QED) is 0.150. The smallest absolute Gasteiger partial charge is 0.490 e. The molecule has 6 rings (SSSR count). The summed E-state index contributed by atoms with van der Waals surface area (Å²) in [4.78, 5) is 16.7. The summed E-state index contributed by atoms with van der Waals surface area (Å²) in [6.45, 7) is 2.68. The number of nitrogens with zero attached hydrogens (tertiary/aromatic N) is 4. The number of aromatic nitrogens is 2. The van der Waals surface area contributed by atoms with Crippen LogP contribution in [-0.4, -0.2) is 52.7 Å². The van der Waals surface area contributed by atoms with Crippen LogP contribution >= 0.6 is 0 Å². The first-order valence-corrected chi connectivity index (χ1v) is 14.4. The van der Waals surface area contributed by atoms with Crippen molar-refractivity contribution in [2.75, 3.05) is 29.9 Å². The monoisotopic (exact) mass is 625 g/mol. The lowest BCUT2D eigenvalue weighted by Gasteiger charge is -2.34. The Morgan fingerprint density at radius 1 is 0.889 bits per heavy atom. The van der Waals surface area contributed by atoms with Crippen molar-refractivity contribution in [1.82, 2.24) is 9.55 Å². The van der Waals surface area contributed by atoms with Gasteiger partial charge in [-0.15, -0.1) is 13.2 Å². The van der Waals surface area contributed by atoms with E-state index in [2.05, 4.69) is 19.9 Å². The summed E-state index contributed by atoms with van der Waals surface area (Å²) in [5.41, 5.74) is 2.07. The minimum Gasteiger partial charge on any atom is -0.490 e. The average Bonchev–Trinajstić information content (AvgIpc) is 3.46. The van der Waals surface area contributed by atoms with Crippen molar-refractivity contribution in [1.29, 1.82) is 0 Å². The van der Waals surface area contributed by atoms with Gasteiger partial charge >= 0.3 is 18.2 Å². The van der Waals surface area contributed by atoms with Crippen LogP contribution in [-0.2, 0) is 6.54 Å². The normalized spacial score (nSPS) is 16.8. The molecule has 0 aliphatic carbocycles. The zero-order valence-electron chi connectivity index (χ0n) is 24.0. The fourth-order valence-corrected chi connectivity index (χ4v) is 5.26. The number of anilines is 2. The first-order valence-electron chi connectivity index (χ1n) is 14.4. The molecular weight excluding hydrogens is 595 g/mol. The Morgan fingerprint density at radius 2 is 1.51 bits per heavy atom. The third kappa shape index (κ3) is 7.88. The van der Waals surface area contributed by atoms with Crippen molar-refractivity contribution < 1.29 is 37.0 Å². The number of hydrogen-bond donors (Lipinski definition) is 1. The minimum absolute atomic E-state index is 0.225. The molecule has 1 saturated heterocycles. The van der Waals surface area contributed by atoms with Gasteiger partial charge in [0.25, 0.3) is 0 Å². The van der Waals surface area contributed by atoms with Gasteiger partial charge in [0.15, 0.2) is 0 Å². The van der Waals surface area contributed by atoms with Crippen molar-refractivity contribution in [3.63, 3.8) is 0 Å². The molecule has 2 aliphatic heterocycles. The van der Waals surface area contributed by atoms with E-state index in [-0.39, 0.29) is 23.7 Å². The molecule has 3 aromatic carbocycles. The summed E-state index contributed by atoms with van der Waals surface area (Å²) < 4.78 is 60.0. The molecule has 0 saturated carbocycles. The van der Waals surface area contributed by atoms with E-state index in [0.29, 0.717) is 37.1 Å². The summed E-state index contributed by atoms with van der Waals surface area (Å²) in [5.74, 6) is 1.16. The lowest BCUT2D eigenvalue weighted by molar-refractivity contribution is -0.389. The van der Waals surface area contributed by atoms with Crippen LogP contribution in [0.25, 0.3) is 0 Å². The Bertz CT molecular complexity index is 1590. The molecule has 2 aliphatic rings. The second-order valence-electron chi connectivity index (χ2n) is 10.7. The van der Waals surface area contributed by atoms with Crippen LogP contribution < -0.4 is 29.2 Å². The van der Waals surface area contributed by atoms with Gasteiger partial charge in [0.1, 0.15) is 41.9 Å². The van der Waals surface area contributed by atoms with Crippen LogP contribution in [0.2, 0.25) is 0 Å². The van der Waals surface area contributed by atoms with Gasteiger partial charge in [0.05, 0.1) is 0 Å². The Morgan fingerprint density at radius 3 is 2.16 bits per heavy atom. The van der Waals surface area contributed by atoms with Crippen molar-refractivity contribution in [3.8, 4) is 29.0 Å². The minimum atomic E-state index is -4.74. The number of imidazole rings is 1. The van der Waals surface area contributed by atoms with Gasteiger partial charge in [-0.3, -0.25) is 4.57 Å². The molecule has 11 nitrogen and oxygen atoms in total. The molecule has 0 bridgehead atoms. The van der Waals surface area contributed by atoms with E-state index in [1.165, 1.54) is 30.5 Å². The van der Waals surface area contributed by atoms with Gasteiger partial charge in [-0.1, -0.05) is 0 Å². The van der Waals surface area contributed by atoms with E-state index in [0.717, 1.165) is 43.1 Å².